The lowest BCUT2D eigenvalue weighted by atomic mass is 10.2. The number of non-ortho nitro benzene ring substituents is 1. The summed E-state index contributed by atoms with van der Waals surface area (Å²) < 4.78 is 24.2. The van der Waals surface area contributed by atoms with E-state index in [0.717, 1.165) is 0 Å². The maximum atomic E-state index is 13.0. The summed E-state index contributed by atoms with van der Waals surface area (Å²) in [5, 5.41) is 20.2. The highest BCUT2D eigenvalue weighted by atomic mass is 19.1. The van der Waals surface area contributed by atoms with Gasteiger partial charge in [-0.25, -0.2) is 4.39 Å². The molecule has 1 saturated heterocycles. The van der Waals surface area contributed by atoms with Gasteiger partial charge in [0.05, 0.1) is 4.92 Å². The number of hydrogen-bond acceptors (Lipinski definition) is 8. The van der Waals surface area contributed by atoms with Crippen LogP contribution in [-0.2, 0) is 4.79 Å². The number of carbonyl (C=O) groups excluding carboxylic acids is 1. The Hall–Kier alpha value is -4.72. The van der Waals surface area contributed by atoms with Crippen molar-refractivity contribution in [2.45, 2.75) is 0 Å². The average molecular weight is 477 g/mol. The van der Waals surface area contributed by atoms with Gasteiger partial charge in [0.15, 0.2) is 6.61 Å². The van der Waals surface area contributed by atoms with Crippen LogP contribution in [0.25, 0.3) is 12.2 Å². The van der Waals surface area contributed by atoms with E-state index in [1.165, 1.54) is 36.4 Å². The number of anilines is 1. The summed E-state index contributed by atoms with van der Waals surface area (Å²) in [5.74, 6) is 0.382. The van der Waals surface area contributed by atoms with Gasteiger partial charge in [0, 0.05) is 44.4 Å². The lowest BCUT2D eigenvalue weighted by Crippen LogP contribution is -2.50. The van der Waals surface area contributed by atoms with Crippen LogP contribution in [0.1, 0.15) is 17.1 Å². The quantitative estimate of drug-likeness (QED) is 0.374. The Labute approximate surface area is 199 Å². The van der Waals surface area contributed by atoms with Gasteiger partial charge in [0.2, 0.25) is 17.5 Å². The second kappa shape index (κ2) is 10.5. The topological polar surface area (TPSA) is 126 Å². The van der Waals surface area contributed by atoms with Crippen molar-refractivity contribution in [3.63, 3.8) is 0 Å². The molecule has 11 heteroatoms. The molecule has 1 amide bonds. The molecular weight excluding hydrogens is 457 g/mol. The van der Waals surface area contributed by atoms with Crippen LogP contribution in [0, 0.1) is 27.3 Å². The smallest absolute Gasteiger partial charge is 0.269 e. The summed E-state index contributed by atoms with van der Waals surface area (Å²) in [7, 11) is 0. The lowest BCUT2D eigenvalue weighted by molar-refractivity contribution is -0.384. The van der Waals surface area contributed by atoms with Gasteiger partial charge >= 0.3 is 0 Å². The second-order valence-electron chi connectivity index (χ2n) is 7.61. The van der Waals surface area contributed by atoms with Gasteiger partial charge in [-0.1, -0.05) is 0 Å². The number of benzene rings is 2. The molecule has 1 aromatic heterocycles. The van der Waals surface area contributed by atoms with Gasteiger partial charge in [-0.15, -0.1) is 0 Å². The molecule has 3 aromatic rings. The van der Waals surface area contributed by atoms with Crippen LogP contribution in [0.2, 0.25) is 0 Å². The number of nitriles is 1. The van der Waals surface area contributed by atoms with E-state index in [1.807, 2.05) is 11.0 Å². The van der Waals surface area contributed by atoms with Crippen LogP contribution in [0.5, 0.6) is 5.75 Å². The summed E-state index contributed by atoms with van der Waals surface area (Å²) in [6.45, 7) is 1.54. The molecule has 0 atom stereocenters. The van der Waals surface area contributed by atoms with Gasteiger partial charge in [-0.05, 0) is 48.0 Å². The second-order valence-corrected chi connectivity index (χ2v) is 7.61. The molecule has 0 aliphatic carbocycles. The summed E-state index contributed by atoms with van der Waals surface area (Å²) >= 11 is 0. The molecule has 35 heavy (non-hydrogen) atoms. The zero-order valence-corrected chi connectivity index (χ0v) is 18.5. The van der Waals surface area contributed by atoms with Crippen LogP contribution >= 0.6 is 0 Å². The Balaban J connectivity index is 1.34. The predicted octanol–water partition coefficient (Wildman–Crippen LogP) is 3.49. The standard InChI is InChI=1S/C24H20FN5O5/c25-18-4-8-20(9-5-18)34-16-23(31)28-11-13-29(14-12-28)24-21(15-26)27-22(35-24)10-3-17-1-6-19(7-2-17)30(32)33/h1-10H,11-14,16H2/b10-3+. The number of rotatable bonds is 7. The first-order chi connectivity index (χ1) is 16.9. The third-order valence-corrected chi connectivity index (χ3v) is 5.35. The predicted molar refractivity (Wildman–Crippen MR) is 124 cm³/mol. The maximum Gasteiger partial charge on any atom is 0.269 e. The highest BCUT2D eigenvalue weighted by Gasteiger charge is 2.26. The van der Waals surface area contributed by atoms with Gasteiger partial charge in [-0.3, -0.25) is 14.9 Å². The van der Waals surface area contributed by atoms with E-state index < -0.39 is 4.92 Å². The molecule has 0 saturated carbocycles. The normalized spacial score (nSPS) is 13.6. The van der Waals surface area contributed by atoms with E-state index in [-0.39, 0.29) is 35.6 Å². The summed E-state index contributed by atoms with van der Waals surface area (Å²) in [6, 6.07) is 13.5. The van der Waals surface area contributed by atoms with E-state index in [4.69, 9.17) is 9.15 Å². The van der Waals surface area contributed by atoms with Crippen LogP contribution in [0.15, 0.2) is 52.9 Å². The van der Waals surface area contributed by atoms with Crippen LogP contribution in [0.3, 0.4) is 0 Å². The van der Waals surface area contributed by atoms with E-state index in [0.29, 0.717) is 43.4 Å². The molecule has 4 rings (SSSR count). The van der Waals surface area contributed by atoms with Crippen LogP contribution in [-0.4, -0.2) is 53.5 Å². The zero-order valence-electron chi connectivity index (χ0n) is 18.5. The Morgan fingerprint density at radius 3 is 2.46 bits per heavy atom. The number of aromatic nitrogens is 1. The van der Waals surface area contributed by atoms with Crippen molar-refractivity contribution in [2.75, 3.05) is 37.7 Å². The number of amides is 1. The Bertz CT molecular complexity index is 1270. The lowest BCUT2D eigenvalue weighted by Gasteiger charge is -2.34. The molecule has 0 bridgehead atoms. The van der Waals surface area contributed by atoms with Gasteiger partial charge in [0.25, 0.3) is 11.6 Å². The number of ether oxygens (including phenoxy) is 1. The minimum Gasteiger partial charge on any atom is -0.484 e. The Morgan fingerprint density at radius 1 is 1.14 bits per heavy atom. The number of hydrogen-bond donors (Lipinski definition) is 0. The van der Waals surface area contributed by atoms with Crippen molar-refractivity contribution in [1.82, 2.24) is 9.88 Å². The summed E-state index contributed by atoms with van der Waals surface area (Å²) in [5.41, 5.74) is 0.837. The van der Waals surface area contributed by atoms with Crippen LogP contribution < -0.4 is 9.64 Å². The van der Waals surface area contributed by atoms with Gasteiger partial charge in [0.1, 0.15) is 17.6 Å². The number of nitro groups is 1. The molecule has 2 aromatic carbocycles. The first kappa shape index (κ1) is 23.4. The molecule has 10 nitrogen and oxygen atoms in total. The van der Waals surface area contributed by atoms with Crippen molar-refractivity contribution in [3.8, 4) is 11.8 Å². The molecule has 0 radical (unpaired) electrons. The Morgan fingerprint density at radius 2 is 1.83 bits per heavy atom. The molecule has 0 N–H and O–H groups in total. The van der Waals surface area contributed by atoms with Crippen molar-refractivity contribution >= 4 is 29.6 Å². The minimum absolute atomic E-state index is 0.00744. The molecule has 0 spiro atoms. The molecule has 2 heterocycles. The molecule has 1 fully saturated rings. The number of halogens is 1. The van der Waals surface area contributed by atoms with Crippen molar-refractivity contribution in [1.29, 1.82) is 5.26 Å². The number of oxazole rings is 1. The first-order valence-electron chi connectivity index (χ1n) is 10.7. The van der Waals surface area contributed by atoms with Crippen molar-refractivity contribution in [3.05, 3.63) is 81.6 Å². The number of piperazine rings is 1. The number of nitro benzene ring substituents is 1. The van der Waals surface area contributed by atoms with E-state index in [9.17, 15) is 24.6 Å². The Kier molecular flexibility index (Phi) is 7.02. The number of carbonyl (C=O) groups is 1. The van der Waals surface area contributed by atoms with E-state index >= 15 is 0 Å². The summed E-state index contributed by atoms with van der Waals surface area (Å²) in [6.07, 6.45) is 3.26. The largest absolute Gasteiger partial charge is 0.484 e. The SMILES string of the molecule is N#Cc1nc(/C=C/c2ccc([N+](=O)[O-])cc2)oc1N1CCN(C(=O)COc2ccc(F)cc2)CC1. The third-order valence-electron chi connectivity index (χ3n) is 5.35. The maximum absolute atomic E-state index is 13.0. The molecule has 1 aliphatic heterocycles. The van der Waals surface area contributed by atoms with Crippen molar-refractivity contribution in [2.24, 2.45) is 0 Å². The van der Waals surface area contributed by atoms with E-state index in [1.54, 1.807) is 29.2 Å². The van der Waals surface area contributed by atoms with Gasteiger partial charge in [-0.2, -0.15) is 10.2 Å². The van der Waals surface area contributed by atoms with Crippen molar-refractivity contribution < 1.29 is 23.3 Å². The fraction of sp³-hybridized carbons (Fsp3) is 0.208. The van der Waals surface area contributed by atoms with Gasteiger partial charge < -0.3 is 19.0 Å². The fourth-order valence-electron chi connectivity index (χ4n) is 3.49. The molecule has 1 aliphatic rings. The average Bonchev–Trinajstić information content (AvgIpc) is 3.30. The van der Waals surface area contributed by atoms with Crippen LogP contribution in [0.4, 0.5) is 16.0 Å². The third kappa shape index (κ3) is 5.80. The molecule has 178 valence electrons. The van der Waals surface area contributed by atoms with E-state index in [2.05, 4.69) is 4.98 Å². The molecular formula is C24H20FN5O5. The monoisotopic (exact) mass is 477 g/mol. The fourth-order valence-corrected chi connectivity index (χ4v) is 3.49. The highest BCUT2D eigenvalue weighted by molar-refractivity contribution is 5.78. The zero-order chi connectivity index (χ0) is 24.8. The minimum atomic E-state index is -0.473. The highest BCUT2D eigenvalue weighted by Crippen LogP contribution is 2.24. The first-order valence-corrected chi connectivity index (χ1v) is 10.7. The molecule has 0 unspecified atom stereocenters. The summed E-state index contributed by atoms with van der Waals surface area (Å²) in [4.78, 5) is 30.4. The number of nitrogens with zero attached hydrogens (tertiary/aromatic N) is 5.